The number of nitrogens with zero attached hydrogens (tertiary/aromatic N) is 2. The van der Waals surface area contributed by atoms with Crippen molar-refractivity contribution in [1.29, 1.82) is 0 Å². The molecule has 0 spiro atoms. The normalized spacial score (nSPS) is 13.6. The smallest absolute Gasteiger partial charge is 0.329 e. The van der Waals surface area contributed by atoms with Crippen molar-refractivity contribution in [2.75, 3.05) is 9.62 Å². The molecule has 0 atom stereocenters. The topological polar surface area (TPSA) is 6.48 Å². The zero-order valence-electron chi connectivity index (χ0n) is 28.4. The van der Waals surface area contributed by atoms with Gasteiger partial charge in [0.2, 0.25) is 0 Å². The predicted molar refractivity (Wildman–Crippen MR) is 221 cm³/mol. The lowest BCUT2D eigenvalue weighted by atomic mass is 9.43. The van der Waals surface area contributed by atoms with Crippen molar-refractivity contribution in [3.8, 4) is 55.6 Å². The van der Waals surface area contributed by atoms with Gasteiger partial charge < -0.3 is 9.62 Å². The fourth-order valence-electron chi connectivity index (χ4n) is 9.73. The first-order valence-electron chi connectivity index (χ1n) is 18.3. The maximum Gasteiger partial charge on any atom is 0.329 e. The van der Waals surface area contributed by atoms with Gasteiger partial charge in [0.15, 0.2) is 0 Å². The second-order valence-electron chi connectivity index (χ2n) is 14.4. The van der Waals surface area contributed by atoms with E-state index >= 15 is 0 Å². The summed E-state index contributed by atoms with van der Waals surface area (Å²) in [6.07, 6.45) is 0. The fraction of sp³-hybridized carbons (Fsp3) is 0. The Morgan fingerprint density at radius 3 is 0.923 bits per heavy atom. The standard InChI is InChI=1S/C48H30B2N2/c1-7-19-41-33(13-1)35-15-3-9-21-45(35)51-47-23-11-5-17-37(47)39-29-31(25-27-43(39)49(41)51)32-26-28-44-40(30-32)38-18-6-12-24-48(38)52-46-22-10-4-16-36(46)34-14-2-8-20-42(34)50(44)52/h1-30H. The van der Waals surface area contributed by atoms with Crippen LogP contribution < -0.4 is 31.5 Å². The van der Waals surface area contributed by atoms with Crippen LogP contribution in [0, 0.1) is 0 Å². The molecule has 0 unspecified atom stereocenters. The third-order valence-electron chi connectivity index (χ3n) is 11.9. The van der Waals surface area contributed by atoms with E-state index in [9.17, 15) is 0 Å². The average Bonchev–Trinajstić information content (AvgIpc) is 3.23. The van der Waals surface area contributed by atoms with E-state index < -0.39 is 0 Å². The maximum atomic E-state index is 2.57. The van der Waals surface area contributed by atoms with E-state index in [4.69, 9.17) is 0 Å². The van der Waals surface area contributed by atoms with Crippen molar-refractivity contribution >= 4 is 58.3 Å². The Hall–Kier alpha value is -6.51. The van der Waals surface area contributed by atoms with Gasteiger partial charge in [0.1, 0.15) is 0 Å². The van der Waals surface area contributed by atoms with Crippen LogP contribution >= 0.6 is 0 Å². The molecule has 0 amide bonds. The molecule has 0 aliphatic carbocycles. The summed E-state index contributed by atoms with van der Waals surface area (Å²) in [6.45, 7) is 0.196. The van der Waals surface area contributed by atoms with Gasteiger partial charge in [0.05, 0.1) is 0 Å². The van der Waals surface area contributed by atoms with Crippen molar-refractivity contribution < 1.29 is 0 Å². The van der Waals surface area contributed by atoms with E-state index in [2.05, 4.69) is 192 Å². The second-order valence-corrected chi connectivity index (χ2v) is 14.4. The molecule has 8 aromatic rings. The van der Waals surface area contributed by atoms with E-state index in [0.29, 0.717) is 0 Å². The van der Waals surface area contributed by atoms with Gasteiger partial charge in [-0.15, -0.1) is 0 Å². The summed E-state index contributed by atoms with van der Waals surface area (Å²) in [6, 6.07) is 68.0. The largest absolute Gasteiger partial charge is 0.376 e. The van der Waals surface area contributed by atoms with Crippen LogP contribution in [0.1, 0.15) is 0 Å². The molecule has 2 nitrogen and oxygen atoms in total. The Balaban J connectivity index is 1.05. The first-order chi connectivity index (χ1) is 25.8. The molecule has 0 saturated carbocycles. The minimum atomic E-state index is 0.0979. The zero-order chi connectivity index (χ0) is 33.9. The molecule has 238 valence electrons. The summed E-state index contributed by atoms with van der Waals surface area (Å²) in [5, 5.41) is 0. The molecular formula is C48H30B2N2. The summed E-state index contributed by atoms with van der Waals surface area (Å²) in [7, 11) is 0. The third kappa shape index (κ3) is 3.71. The van der Waals surface area contributed by atoms with E-state index in [1.54, 1.807) is 0 Å². The number of para-hydroxylation sites is 4. The molecule has 0 N–H and O–H groups in total. The van der Waals surface area contributed by atoms with Crippen LogP contribution in [0.3, 0.4) is 0 Å². The highest BCUT2D eigenvalue weighted by molar-refractivity contribution is 6.93. The molecule has 4 heteroatoms. The molecule has 52 heavy (non-hydrogen) atoms. The lowest BCUT2D eigenvalue weighted by Crippen LogP contribution is -2.59. The van der Waals surface area contributed by atoms with E-state index in [1.165, 1.54) is 100 Å². The van der Waals surface area contributed by atoms with Crippen LogP contribution in [0.5, 0.6) is 0 Å². The highest BCUT2D eigenvalue weighted by Crippen LogP contribution is 2.48. The molecule has 4 aliphatic rings. The number of rotatable bonds is 1. The molecular weight excluding hydrogens is 626 g/mol. The van der Waals surface area contributed by atoms with Crippen molar-refractivity contribution in [2.24, 2.45) is 0 Å². The van der Waals surface area contributed by atoms with Crippen LogP contribution in [0.2, 0.25) is 0 Å². The molecule has 4 aliphatic heterocycles. The van der Waals surface area contributed by atoms with Crippen LogP contribution in [0.25, 0.3) is 55.6 Å². The molecule has 8 aromatic carbocycles. The van der Waals surface area contributed by atoms with Crippen molar-refractivity contribution in [3.63, 3.8) is 0 Å². The van der Waals surface area contributed by atoms with Crippen molar-refractivity contribution in [3.05, 3.63) is 182 Å². The Bertz CT molecular complexity index is 2610. The average molecular weight is 656 g/mol. The summed E-state index contributed by atoms with van der Waals surface area (Å²) in [4.78, 5) is 5.13. The summed E-state index contributed by atoms with van der Waals surface area (Å²) >= 11 is 0. The van der Waals surface area contributed by atoms with Crippen molar-refractivity contribution in [2.45, 2.75) is 0 Å². The minimum Gasteiger partial charge on any atom is -0.376 e. The Labute approximate surface area is 304 Å². The first-order valence-corrected chi connectivity index (χ1v) is 18.3. The molecule has 0 saturated heterocycles. The molecule has 0 aromatic heterocycles. The highest BCUT2D eigenvalue weighted by Gasteiger charge is 2.43. The van der Waals surface area contributed by atoms with Gasteiger partial charge in [0.25, 0.3) is 0 Å². The molecule has 0 radical (unpaired) electrons. The third-order valence-corrected chi connectivity index (χ3v) is 11.9. The molecule has 0 fully saturated rings. The number of benzene rings is 8. The Morgan fingerprint density at radius 1 is 0.250 bits per heavy atom. The van der Waals surface area contributed by atoms with Gasteiger partial charge >= 0.3 is 13.7 Å². The Morgan fingerprint density at radius 2 is 0.538 bits per heavy atom. The highest BCUT2D eigenvalue weighted by atomic mass is 15.1. The SMILES string of the molecule is c1ccc2c(c1)B1c3ccc(-c4ccc5c(c4)-c4ccccc4N4B5c5ccccc5-c5ccccc54)cc3-c3ccccc3N1c1ccccc1-2. The van der Waals surface area contributed by atoms with E-state index in [1.807, 2.05) is 0 Å². The number of hydrogen-bond acceptors (Lipinski definition) is 2. The predicted octanol–water partition coefficient (Wildman–Crippen LogP) is 9.16. The second kappa shape index (κ2) is 10.5. The summed E-state index contributed by atoms with van der Waals surface area (Å²) in [5.41, 5.74) is 23.3. The van der Waals surface area contributed by atoms with Crippen LogP contribution in [-0.4, -0.2) is 13.7 Å². The van der Waals surface area contributed by atoms with Gasteiger partial charge in [-0.2, -0.15) is 0 Å². The molecule has 4 heterocycles. The number of anilines is 4. The minimum absolute atomic E-state index is 0.0979. The lowest BCUT2D eigenvalue weighted by molar-refractivity contribution is 1.35. The summed E-state index contributed by atoms with van der Waals surface area (Å²) < 4.78 is 0. The summed E-state index contributed by atoms with van der Waals surface area (Å²) in [5.74, 6) is 0. The monoisotopic (exact) mass is 656 g/mol. The number of hydrogen-bond donors (Lipinski definition) is 0. The van der Waals surface area contributed by atoms with Crippen LogP contribution in [0.4, 0.5) is 22.7 Å². The quantitative estimate of drug-likeness (QED) is 0.163. The van der Waals surface area contributed by atoms with Gasteiger partial charge in [-0.1, -0.05) is 146 Å². The van der Waals surface area contributed by atoms with Gasteiger partial charge in [0, 0.05) is 45.0 Å². The van der Waals surface area contributed by atoms with Crippen LogP contribution in [0.15, 0.2) is 182 Å². The maximum absolute atomic E-state index is 2.57. The number of fused-ring (bicyclic) bond motifs is 22. The first kappa shape index (κ1) is 28.2. The zero-order valence-corrected chi connectivity index (χ0v) is 28.4. The van der Waals surface area contributed by atoms with Crippen molar-refractivity contribution in [1.82, 2.24) is 0 Å². The van der Waals surface area contributed by atoms with Gasteiger partial charge in [-0.25, -0.2) is 0 Å². The molecule has 12 rings (SSSR count). The fourth-order valence-corrected chi connectivity index (χ4v) is 9.73. The van der Waals surface area contributed by atoms with Crippen LogP contribution in [-0.2, 0) is 0 Å². The lowest BCUT2D eigenvalue weighted by Gasteiger charge is -2.43. The van der Waals surface area contributed by atoms with E-state index in [0.717, 1.165) is 0 Å². The van der Waals surface area contributed by atoms with Gasteiger partial charge in [-0.05, 0) is 91.6 Å². The Kier molecular flexibility index (Phi) is 5.70. The molecule has 0 bridgehead atoms. The van der Waals surface area contributed by atoms with E-state index in [-0.39, 0.29) is 13.7 Å². The van der Waals surface area contributed by atoms with Gasteiger partial charge in [-0.3, -0.25) is 0 Å².